The lowest BCUT2D eigenvalue weighted by Gasteiger charge is -2.26. The van der Waals surface area contributed by atoms with E-state index in [2.05, 4.69) is 10.3 Å². The second-order valence-electron chi connectivity index (χ2n) is 6.80. The van der Waals surface area contributed by atoms with E-state index in [4.69, 9.17) is 9.47 Å². The molecule has 0 spiro atoms. The molecule has 3 aromatic rings. The fraction of sp³-hybridized carbons (Fsp3) is 0.238. The number of aromatic amines is 1. The highest BCUT2D eigenvalue weighted by Gasteiger charge is 2.22. The molecule has 0 unspecified atom stereocenters. The van der Waals surface area contributed by atoms with Crippen LogP contribution in [0.2, 0.25) is 0 Å². The van der Waals surface area contributed by atoms with Gasteiger partial charge in [0.15, 0.2) is 0 Å². The van der Waals surface area contributed by atoms with Gasteiger partial charge in [0, 0.05) is 30.0 Å². The predicted molar refractivity (Wildman–Crippen MR) is 103 cm³/mol. The molecule has 6 nitrogen and oxygen atoms in total. The normalized spacial score (nSPS) is 15.6. The van der Waals surface area contributed by atoms with Gasteiger partial charge in [0.05, 0.1) is 24.8 Å². The van der Waals surface area contributed by atoms with Crippen molar-refractivity contribution in [3.63, 3.8) is 0 Å². The van der Waals surface area contributed by atoms with E-state index in [1.54, 1.807) is 7.11 Å². The maximum Gasteiger partial charge on any atom is 0.252 e. The Morgan fingerprint density at radius 3 is 2.96 bits per heavy atom. The molecule has 2 heterocycles. The highest BCUT2D eigenvalue weighted by atomic mass is 19.1. The number of halogens is 1. The lowest BCUT2D eigenvalue weighted by atomic mass is 9.96. The molecule has 0 radical (unpaired) electrons. The second kappa shape index (κ2) is 7.34. The molecule has 1 atom stereocenters. The first-order valence-corrected chi connectivity index (χ1v) is 8.94. The Kier molecular flexibility index (Phi) is 4.73. The van der Waals surface area contributed by atoms with Crippen molar-refractivity contribution in [3.05, 3.63) is 69.8 Å². The Hall–Kier alpha value is -3.35. The van der Waals surface area contributed by atoms with Crippen molar-refractivity contribution in [1.29, 1.82) is 0 Å². The van der Waals surface area contributed by atoms with Crippen molar-refractivity contribution in [2.24, 2.45) is 5.92 Å². The molecule has 1 amide bonds. The Bertz CT molecular complexity index is 1110. The molecule has 2 aromatic carbocycles. The van der Waals surface area contributed by atoms with Crippen LogP contribution in [-0.4, -0.2) is 31.2 Å². The lowest BCUT2D eigenvalue weighted by molar-refractivity contribution is 0.0940. The van der Waals surface area contributed by atoms with Crippen LogP contribution in [0.1, 0.15) is 15.9 Å². The van der Waals surface area contributed by atoms with Crippen LogP contribution in [0.3, 0.4) is 0 Å². The Labute approximate surface area is 160 Å². The summed E-state index contributed by atoms with van der Waals surface area (Å²) in [4.78, 5) is 27.0. The van der Waals surface area contributed by atoms with E-state index in [1.807, 2.05) is 18.2 Å². The largest absolute Gasteiger partial charge is 0.497 e. The number of pyridine rings is 1. The average Bonchev–Trinajstić information content (AvgIpc) is 2.70. The summed E-state index contributed by atoms with van der Waals surface area (Å²) >= 11 is 0. The number of benzene rings is 2. The molecule has 7 heteroatoms. The highest BCUT2D eigenvalue weighted by Crippen LogP contribution is 2.30. The van der Waals surface area contributed by atoms with Crippen molar-refractivity contribution >= 4 is 16.8 Å². The van der Waals surface area contributed by atoms with Crippen LogP contribution in [0.4, 0.5) is 4.39 Å². The zero-order valence-corrected chi connectivity index (χ0v) is 15.3. The monoisotopic (exact) mass is 382 g/mol. The molecule has 1 aliphatic heterocycles. The van der Waals surface area contributed by atoms with Gasteiger partial charge in [0.2, 0.25) is 5.56 Å². The van der Waals surface area contributed by atoms with E-state index in [9.17, 15) is 14.0 Å². The van der Waals surface area contributed by atoms with Crippen LogP contribution in [-0.2, 0) is 6.42 Å². The minimum atomic E-state index is -0.477. The van der Waals surface area contributed by atoms with Crippen LogP contribution < -0.4 is 20.3 Å². The van der Waals surface area contributed by atoms with Crippen LogP contribution in [0.25, 0.3) is 10.9 Å². The molecular formula is C21H19FN2O4. The predicted octanol–water partition coefficient (Wildman–Crippen LogP) is 2.66. The molecule has 1 aliphatic rings. The van der Waals surface area contributed by atoms with Gasteiger partial charge < -0.3 is 19.8 Å². The first-order valence-electron chi connectivity index (χ1n) is 8.94. The van der Waals surface area contributed by atoms with Gasteiger partial charge >= 0.3 is 0 Å². The Balaban J connectivity index is 1.48. The van der Waals surface area contributed by atoms with Crippen molar-refractivity contribution in [3.8, 4) is 11.5 Å². The van der Waals surface area contributed by atoms with E-state index in [0.29, 0.717) is 24.1 Å². The number of H-pyrrole nitrogens is 1. The van der Waals surface area contributed by atoms with E-state index in [0.717, 1.165) is 23.5 Å². The van der Waals surface area contributed by atoms with Gasteiger partial charge in [-0.3, -0.25) is 9.59 Å². The zero-order valence-electron chi connectivity index (χ0n) is 15.3. The van der Waals surface area contributed by atoms with Crippen LogP contribution in [0.15, 0.2) is 47.3 Å². The van der Waals surface area contributed by atoms with Crippen LogP contribution in [0.5, 0.6) is 11.5 Å². The first kappa shape index (κ1) is 18.0. The number of hydrogen-bond acceptors (Lipinski definition) is 4. The summed E-state index contributed by atoms with van der Waals surface area (Å²) in [5.74, 6) is 0.793. The Morgan fingerprint density at radius 2 is 2.14 bits per heavy atom. The van der Waals surface area contributed by atoms with E-state index in [-0.39, 0.29) is 17.4 Å². The SMILES string of the molecule is COc1ccc2c(c1)OC[C@H](CNC(=O)c1cc(=O)[nH]c3cc(F)ccc13)C2. The topological polar surface area (TPSA) is 80.4 Å². The van der Waals surface area contributed by atoms with E-state index < -0.39 is 11.4 Å². The minimum Gasteiger partial charge on any atom is -0.497 e. The number of nitrogens with one attached hydrogen (secondary N) is 2. The number of aromatic nitrogens is 1. The van der Waals surface area contributed by atoms with Gasteiger partial charge in [-0.15, -0.1) is 0 Å². The van der Waals surface area contributed by atoms with Gasteiger partial charge in [0.1, 0.15) is 17.3 Å². The molecule has 0 saturated heterocycles. The summed E-state index contributed by atoms with van der Waals surface area (Å²) in [5.41, 5.74) is 1.12. The average molecular weight is 382 g/mol. The fourth-order valence-corrected chi connectivity index (χ4v) is 3.43. The van der Waals surface area contributed by atoms with Gasteiger partial charge in [0.25, 0.3) is 5.91 Å². The second-order valence-corrected chi connectivity index (χ2v) is 6.80. The summed E-state index contributed by atoms with van der Waals surface area (Å²) in [6, 6.07) is 10.9. The molecule has 0 saturated carbocycles. The molecule has 144 valence electrons. The summed E-state index contributed by atoms with van der Waals surface area (Å²) in [5, 5.41) is 3.36. The molecule has 0 fully saturated rings. The summed E-state index contributed by atoms with van der Waals surface area (Å²) in [6.07, 6.45) is 0.765. The maximum absolute atomic E-state index is 13.4. The number of carbonyl (C=O) groups excluding carboxylic acids is 1. The number of carbonyl (C=O) groups is 1. The maximum atomic E-state index is 13.4. The van der Waals surface area contributed by atoms with Crippen molar-refractivity contribution < 1.29 is 18.7 Å². The van der Waals surface area contributed by atoms with Gasteiger partial charge in [-0.25, -0.2) is 4.39 Å². The molecule has 28 heavy (non-hydrogen) atoms. The van der Waals surface area contributed by atoms with Gasteiger partial charge in [-0.2, -0.15) is 0 Å². The highest BCUT2D eigenvalue weighted by molar-refractivity contribution is 6.05. The van der Waals surface area contributed by atoms with Crippen molar-refractivity contribution in [2.45, 2.75) is 6.42 Å². The fourth-order valence-electron chi connectivity index (χ4n) is 3.43. The first-order chi connectivity index (χ1) is 13.5. The van der Waals surface area contributed by atoms with Crippen LogP contribution >= 0.6 is 0 Å². The molecule has 0 aliphatic carbocycles. The zero-order chi connectivity index (χ0) is 19.7. The van der Waals surface area contributed by atoms with Crippen molar-refractivity contribution in [2.75, 3.05) is 20.3 Å². The third kappa shape index (κ3) is 3.55. The van der Waals surface area contributed by atoms with Gasteiger partial charge in [-0.05, 0) is 36.2 Å². The van der Waals surface area contributed by atoms with E-state index in [1.165, 1.54) is 24.3 Å². The Morgan fingerprint density at radius 1 is 1.29 bits per heavy atom. The molecule has 0 bridgehead atoms. The third-order valence-corrected chi connectivity index (χ3v) is 4.86. The molecule has 4 rings (SSSR count). The number of amides is 1. The summed E-state index contributed by atoms with van der Waals surface area (Å²) in [7, 11) is 1.61. The molecular weight excluding hydrogens is 363 g/mol. The number of rotatable bonds is 4. The smallest absolute Gasteiger partial charge is 0.252 e. The molecule has 1 aromatic heterocycles. The minimum absolute atomic E-state index is 0.107. The van der Waals surface area contributed by atoms with Crippen molar-refractivity contribution in [1.82, 2.24) is 10.3 Å². The van der Waals surface area contributed by atoms with Gasteiger partial charge in [-0.1, -0.05) is 6.07 Å². The number of ether oxygens (including phenoxy) is 2. The number of methoxy groups -OCH3 is 1. The third-order valence-electron chi connectivity index (χ3n) is 4.86. The quantitative estimate of drug-likeness (QED) is 0.727. The number of fused-ring (bicyclic) bond motifs is 2. The summed E-state index contributed by atoms with van der Waals surface area (Å²) in [6.45, 7) is 0.877. The van der Waals surface area contributed by atoms with Crippen LogP contribution in [0, 0.1) is 11.7 Å². The standard InChI is InChI=1S/C21H19FN2O4/c1-27-15-4-2-13-6-12(11-28-19(13)8-15)10-23-21(26)17-9-20(25)24-18-7-14(22)3-5-16(17)18/h2-5,7-9,12H,6,10-11H2,1H3,(H,23,26)(H,24,25)/t12-/m0/s1. The molecule has 2 N–H and O–H groups in total. The van der Waals surface area contributed by atoms with E-state index >= 15 is 0 Å². The lowest BCUT2D eigenvalue weighted by Crippen LogP contribution is -2.35. The summed E-state index contributed by atoms with van der Waals surface area (Å²) < 4.78 is 24.4. The number of hydrogen-bond donors (Lipinski definition) is 2.